The van der Waals surface area contributed by atoms with Crippen LogP contribution in [0.1, 0.15) is 39.0 Å². The first-order chi connectivity index (χ1) is 6.34. The number of hydrogen-bond donors (Lipinski definition) is 0. The fraction of sp³-hybridized carbons (Fsp3) is 0.909. The van der Waals surface area contributed by atoms with E-state index in [0.717, 1.165) is 11.8 Å². The molecule has 2 rings (SSSR count). The van der Waals surface area contributed by atoms with Crippen molar-refractivity contribution in [3.63, 3.8) is 0 Å². The lowest BCUT2D eigenvalue weighted by Gasteiger charge is -2.27. The molecule has 0 N–H and O–H groups in total. The van der Waals surface area contributed by atoms with Gasteiger partial charge in [0, 0.05) is 5.75 Å². The van der Waals surface area contributed by atoms with Gasteiger partial charge in [0.05, 0.1) is 11.6 Å². The second-order valence-corrected chi connectivity index (χ2v) is 5.49. The molecule has 0 radical (unpaired) electrons. The summed E-state index contributed by atoms with van der Waals surface area (Å²) in [7, 11) is 0. The summed E-state index contributed by atoms with van der Waals surface area (Å²) in [6.45, 7) is 2.40. The van der Waals surface area contributed by atoms with Crippen molar-refractivity contribution < 1.29 is 0 Å². The van der Waals surface area contributed by atoms with Gasteiger partial charge in [-0.2, -0.15) is 0 Å². The summed E-state index contributed by atoms with van der Waals surface area (Å²) in [5, 5.41) is 0. The highest BCUT2D eigenvalue weighted by atomic mass is 32.2. The molecule has 0 aromatic heterocycles. The van der Waals surface area contributed by atoms with Crippen LogP contribution in [0, 0.1) is 11.8 Å². The van der Waals surface area contributed by atoms with Crippen molar-refractivity contribution in [3.8, 4) is 0 Å². The van der Waals surface area contributed by atoms with Crippen molar-refractivity contribution in [3.05, 3.63) is 0 Å². The first-order valence-electron chi connectivity index (χ1n) is 5.48. The molecule has 2 heteroatoms. The third kappa shape index (κ3) is 2.73. The van der Waals surface area contributed by atoms with E-state index in [-0.39, 0.29) is 0 Å². The second-order valence-electron chi connectivity index (χ2n) is 4.62. The van der Waals surface area contributed by atoms with Gasteiger partial charge in [0.25, 0.3) is 0 Å². The van der Waals surface area contributed by atoms with Crippen molar-refractivity contribution >= 4 is 17.3 Å². The zero-order valence-electron chi connectivity index (χ0n) is 8.41. The number of aliphatic imine (C=N–C) groups is 1. The Morgan fingerprint density at radius 1 is 1.46 bits per heavy atom. The lowest BCUT2D eigenvalue weighted by atomic mass is 9.80. The van der Waals surface area contributed by atoms with Crippen molar-refractivity contribution in [1.29, 1.82) is 0 Å². The molecule has 1 nitrogen and oxygen atoms in total. The van der Waals surface area contributed by atoms with Gasteiger partial charge < -0.3 is 0 Å². The van der Waals surface area contributed by atoms with E-state index in [2.05, 4.69) is 11.9 Å². The Hall–Kier alpha value is 0.0200. The van der Waals surface area contributed by atoms with Crippen LogP contribution in [0.25, 0.3) is 0 Å². The lowest BCUT2D eigenvalue weighted by molar-refractivity contribution is 0.261. The fourth-order valence-corrected chi connectivity index (χ4v) is 3.40. The molecule has 74 valence electrons. The maximum atomic E-state index is 4.49. The zero-order chi connectivity index (χ0) is 9.10. The average molecular weight is 197 g/mol. The Labute approximate surface area is 85.4 Å². The Balaban J connectivity index is 1.76. The van der Waals surface area contributed by atoms with Gasteiger partial charge in [0.1, 0.15) is 0 Å². The minimum Gasteiger partial charge on any atom is -0.282 e. The van der Waals surface area contributed by atoms with Gasteiger partial charge in [-0.25, -0.2) is 0 Å². The summed E-state index contributed by atoms with van der Waals surface area (Å²) < 4.78 is 0. The third-order valence-electron chi connectivity index (χ3n) is 3.29. The first-order valence-corrected chi connectivity index (χ1v) is 6.52. The van der Waals surface area contributed by atoms with Crippen LogP contribution in [-0.2, 0) is 0 Å². The van der Waals surface area contributed by atoms with Crippen LogP contribution in [0.2, 0.25) is 0 Å². The van der Waals surface area contributed by atoms with Gasteiger partial charge in [-0.1, -0.05) is 26.2 Å². The van der Waals surface area contributed by atoms with Gasteiger partial charge in [0.15, 0.2) is 0 Å². The minimum atomic E-state index is 0.653. The molecule has 0 bridgehead atoms. The van der Waals surface area contributed by atoms with Gasteiger partial charge in [-0.05, 0) is 24.7 Å². The van der Waals surface area contributed by atoms with E-state index in [1.807, 2.05) is 17.3 Å². The van der Waals surface area contributed by atoms with Crippen LogP contribution in [0.5, 0.6) is 0 Å². The first kappa shape index (κ1) is 9.57. The van der Waals surface area contributed by atoms with Crippen molar-refractivity contribution in [2.75, 3.05) is 5.75 Å². The van der Waals surface area contributed by atoms with Gasteiger partial charge in [-0.15, -0.1) is 11.8 Å². The predicted octanol–water partition coefficient (Wildman–Crippen LogP) is 3.35. The normalized spacial score (nSPS) is 39.6. The quantitative estimate of drug-likeness (QED) is 0.661. The summed E-state index contributed by atoms with van der Waals surface area (Å²) >= 11 is 1.88. The number of thioether (sulfide) groups is 1. The average Bonchev–Trinajstić information content (AvgIpc) is 2.57. The smallest absolute Gasteiger partial charge is 0.0602 e. The maximum Gasteiger partial charge on any atom is 0.0602 e. The van der Waals surface area contributed by atoms with E-state index in [9.17, 15) is 0 Å². The van der Waals surface area contributed by atoms with Crippen molar-refractivity contribution in [1.82, 2.24) is 0 Å². The molecule has 3 unspecified atom stereocenters. The van der Waals surface area contributed by atoms with Gasteiger partial charge in [0.2, 0.25) is 0 Å². The van der Waals surface area contributed by atoms with Crippen molar-refractivity contribution in [2.24, 2.45) is 16.8 Å². The Morgan fingerprint density at radius 2 is 2.38 bits per heavy atom. The summed E-state index contributed by atoms with van der Waals surface area (Å²) in [6, 6.07) is 0.653. The van der Waals surface area contributed by atoms with E-state index < -0.39 is 0 Å². The molecule has 3 atom stereocenters. The molecule has 1 aliphatic heterocycles. The van der Waals surface area contributed by atoms with E-state index in [0.29, 0.717) is 6.04 Å². The van der Waals surface area contributed by atoms with Crippen LogP contribution in [0.15, 0.2) is 4.99 Å². The highest BCUT2D eigenvalue weighted by Gasteiger charge is 2.22. The number of nitrogens with zero attached hydrogens (tertiary/aromatic N) is 1. The number of hydrogen-bond acceptors (Lipinski definition) is 2. The van der Waals surface area contributed by atoms with E-state index in [1.165, 1.54) is 37.9 Å². The SMILES string of the molecule is CC1CCCC(CC2CSC=N2)C1. The summed E-state index contributed by atoms with van der Waals surface area (Å²) in [6.07, 6.45) is 7.18. The lowest BCUT2D eigenvalue weighted by Crippen LogP contribution is -2.18. The Kier molecular flexibility index (Phi) is 3.31. The molecule has 0 spiro atoms. The van der Waals surface area contributed by atoms with Crippen LogP contribution >= 0.6 is 11.8 Å². The third-order valence-corrected chi connectivity index (χ3v) is 4.13. The molecule has 1 aliphatic carbocycles. The molecule has 2 aliphatic rings. The van der Waals surface area contributed by atoms with E-state index >= 15 is 0 Å². The number of rotatable bonds is 2. The topological polar surface area (TPSA) is 12.4 Å². The van der Waals surface area contributed by atoms with Crippen LogP contribution in [-0.4, -0.2) is 17.3 Å². The van der Waals surface area contributed by atoms with Crippen LogP contribution in [0.4, 0.5) is 0 Å². The molecule has 0 saturated heterocycles. The molecule has 0 aromatic rings. The Morgan fingerprint density at radius 3 is 3.08 bits per heavy atom. The van der Waals surface area contributed by atoms with E-state index in [1.54, 1.807) is 0 Å². The predicted molar refractivity (Wildman–Crippen MR) is 60.5 cm³/mol. The molecule has 1 saturated carbocycles. The fourth-order valence-electron chi connectivity index (χ4n) is 2.61. The highest BCUT2D eigenvalue weighted by Crippen LogP contribution is 2.33. The highest BCUT2D eigenvalue weighted by molar-refractivity contribution is 8.12. The van der Waals surface area contributed by atoms with Gasteiger partial charge in [-0.3, -0.25) is 4.99 Å². The second kappa shape index (κ2) is 4.50. The summed E-state index contributed by atoms with van der Waals surface area (Å²) in [5.41, 5.74) is 2.04. The van der Waals surface area contributed by atoms with Crippen LogP contribution in [0.3, 0.4) is 0 Å². The molecule has 1 heterocycles. The molecular weight excluding hydrogens is 178 g/mol. The molecule has 0 aromatic carbocycles. The molecule has 0 amide bonds. The van der Waals surface area contributed by atoms with Crippen LogP contribution < -0.4 is 0 Å². The zero-order valence-corrected chi connectivity index (χ0v) is 9.22. The maximum absolute atomic E-state index is 4.49. The van der Waals surface area contributed by atoms with Gasteiger partial charge >= 0.3 is 0 Å². The van der Waals surface area contributed by atoms with Crippen molar-refractivity contribution in [2.45, 2.75) is 45.1 Å². The summed E-state index contributed by atoms with van der Waals surface area (Å²) in [4.78, 5) is 4.49. The minimum absolute atomic E-state index is 0.653. The molecule has 13 heavy (non-hydrogen) atoms. The monoisotopic (exact) mass is 197 g/mol. The Bertz CT molecular complexity index is 191. The molecular formula is C11H19NS. The standard InChI is InChI=1S/C11H19NS/c1-9-3-2-4-10(5-9)6-11-7-13-8-12-11/h8-11H,2-7H2,1H3. The largest absolute Gasteiger partial charge is 0.282 e. The van der Waals surface area contributed by atoms with E-state index in [4.69, 9.17) is 0 Å². The summed E-state index contributed by atoms with van der Waals surface area (Å²) in [5.74, 6) is 3.19. The molecule has 1 fully saturated rings.